The van der Waals surface area contributed by atoms with Crippen LogP contribution in [0.3, 0.4) is 0 Å². The number of aliphatic carboxylic acids is 2. The standard InChI is InChI=1S/C12H18O6/c1-4-5-7(2)18-12(17)8(3)9(11(15)16)6-10(13)14/h7,9H,3-6H2,1-2H3,(H,13,14)(H,15,16). The van der Waals surface area contributed by atoms with Crippen LogP contribution < -0.4 is 0 Å². The lowest BCUT2D eigenvalue weighted by atomic mass is 9.97. The summed E-state index contributed by atoms with van der Waals surface area (Å²) in [6.07, 6.45) is 0.429. The minimum Gasteiger partial charge on any atom is -0.481 e. The lowest BCUT2D eigenvalue weighted by Gasteiger charge is -2.16. The average molecular weight is 258 g/mol. The molecule has 2 N–H and O–H groups in total. The summed E-state index contributed by atoms with van der Waals surface area (Å²) in [5.74, 6) is -5.02. The number of carbonyl (C=O) groups is 3. The van der Waals surface area contributed by atoms with Crippen molar-refractivity contribution in [2.75, 3.05) is 0 Å². The molecule has 0 amide bonds. The third-order valence-electron chi connectivity index (χ3n) is 2.36. The van der Waals surface area contributed by atoms with Crippen LogP contribution in [0.25, 0.3) is 0 Å². The molecule has 0 saturated carbocycles. The minimum absolute atomic E-state index is 0.340. The molecule has 0 aliphatic carbocycles. The first-order valence-electron chi connectivity index (χ1n) is 5.63. The van der Waals surface area contributed by atoms with Crippen molar-refractivity contribution < 1.29 is 29.3 Å². The maximum absolute atomic E-state index is 11.6. The zero-order valence-corrected chi connectivity index (χ0v) is 10.5. The average Bonchev–Trinajstić information content (AvgIpc) is 2.24. The Bertz CT molecular complexity index is 346. The molecule has 0 rings (SSSR count). The molecule has 2 unspecified atom stereocenters. The molecule has 6 nitrogen and oxygen atoms in total. The number of ether oxygens (including phenoxy) is 1. The van der Waals surface area contributed by atoms with E-state index in [0.29, 0.717) is 6.42 Å². The van der Waals surface area contributed by atoms with E-state index >= 15 is 0 Å². The van der Waals surface area contributed by atoms with Crippen LogP contribution in [0.2, 0.25) is 0 Å². The van der Waals surface area contributed by atoms with Crippen molar-refractivity contribution in [3.8, 4) is 0 Å². The third kappa shape index (κ3) is 5.47. The zero-order valence-electron chi connectivity index (χ0n) is 10.5. The number of hydrogen-bond donors (Lipinski definition) is 2. The highest BCUT2D eigenvalue weighted by Gasteiger charge is 2.29. The van der Waals surface area contributed by atoms with Crippen LogP contribution in [0, 0.1) is 5.92 Å². The van der Waals surface area contributed by atoms with Gasteiger partial charge in [-0.2, -0.15) is 0 Å². The van der Waals surface area contributed by atoms with Crippen LogP contribution in [-0.2, 0) is 19.1 Å². The molecule has 18 heavy (non-hydrogen) atoms. The Morgan fingerprint density at radius 1 is 1.28 bits per heavy atom. The van der Waals surface area contributed by atoms with Crippen LogP contribution >= 0.6 is 0 Å². The van der Waals surface area contributed by atoms with Crippen molar-refractivity contribution in [3.05, 3.63) is 12.2 Å². The first-order chi connectivity index (χ1) is 8.29. The molecule has 0 aliphatic rings. The Kier molecular flexibility index (Phi) is 6.70. The number of rotatable bonds is 8. The van der Waals surface area contributed by atoms with Gasteiger partial charge >= 0.3 is 17.9 Å². The molecular weight excluding hydrogens is 240 g/mol. The van der Waals surface area contributed by atoms with Crippen molar-refractivity contribution >= 4 is 17.9 Å². The van der Waals surface area contributed by atoms with E-state index in [0.717, 1.165) is 6.42 Å². The number of hydrogen-bond acceptors (Lipinski definition) is 4. The minimum atomic E-state index is -1.45. The highest BCUT2D eigenvalue weighted by Crippen LogP contribution is 2.17. The predicted molar refractivity (Wildman–Crippen MR) is 63.0 cm³/mol. The molecule has 0 spiro atoms. The molecule has 0 aliphatic heterocycles. The van der Waals surface area contributed by atoms with E-state index in [4.69, 9.17) is 14.9 Å². The molecule has 6 heteroatoms. The summed E-state index contributed by atoms with van der Waals surface area (Å²) < 4.78 is 4.97. The number of esters is 1. The van der Waals surface area contributed by atoms with Crippen LogP contribution in [0.5, 0.6) is 0 Å². The molecule has 0 aromatic heterocycles. The summed E-state index contributed by atoms with van der Waals surface area (Å²) in [5.41, 5.74) is -0.340. The van der Waals surface area contributed by atoms with E-state index in [-0.39, 0.29) is 11.7 Å². The second-order valence-corrected chi connectivity index (χ2v) is 4.02. The summed E-state index contributed by atoms with van der Waals surface area (Å²) >= 11 is 0. The van der Waals surface area contributed by atoms with Gasteiger partial charge in [-0.15, -0.1) is 0 Å². The number of carboxylic acid groups (broad SMARTS) is 2. The monoisotopic (exact) mass is 258 g/mol. The maximum atomic E-state index is 11.6. The molecule has 0 bridgehead atoms. The smallest absolute Gasteiger partial charge is 0.334 e. The Morgan fingerprint density at radius 3 is 2.22 bits per heavy atom. The van der Waals surface area contributed by atoms with Crippen molar-refractivity contribution in [2.24, 2.45) is 5.92 Å². The maximum Gasteiger partial charge on any atom is 0.334 e. The van der Waals surface area contributed by atoms with Gasteiger partial charge in [0.05, 0.1) is 18.4 Å². The SMILES string of the molecule is C=C(C(=O)OC(C)CCC)C(CC(=O)O)C(=O)O. The fourth-order valence-electron chi connectivity index (χ4n) is 1.40. The van der Waals surface area contributed by atoms with Crippen molar-refractivity contribution in [3.63, 3.8) is 0 Å². The van der Waals surface area contributed by atoms with Crippen LogP contribution in [0.4, 0.5) is 0 Å². The first-order valence-corrected chi connectivity index (χ1v) is 5.63. The van der Waals surface area contributed by atoms with Crippen molar-refractivity contribution in [2.45, 2.75) is 39.2 Å². The predicted octanol–water partition coefficient (Wildman–Crippen LogP) is 1.45. The highest BCUT2D eigenvalue weighted by molar-refractivity contribution is 5.96. The normalized spacial score (nSPS) is 13.4. The van der Waals surface area contributed by atoms with Crippen molar-refractivity contribution in [1.82, 2.24) is 0 Å². The van der Waals surface area contributed by atoms with Crippen LogP contribution in [-0.4, -0.2) is 34.2 Å². The van der Waals surface area contributed by atoms with Gasteiger partial charge in [-0.3, -0.25) is 9.59 Å². The quantitative estimate of drug-likeness (QED) is 0.504. The fraction of sp³-hybridized carbons (Fsp3) is 0.583. The summed E-state index contributed by atoms with van der Waals surface area (Å²) in [5, 5.41) is 17.4. The van der Waals surface area contributed by atoms with E-state index in [1.54, 1.807) is 6.92 Å². The number of carbonyl (C=O) groups excluding carboxylic acids is 1. The fourth-order valence-corrected chi connectivity index (χ4v) is 1.40. The third-order valence-corrected chi connectivity index (χ3v) is 2.36. The van der Waals surface area contributed by atoms with E-state index in [9.17, 15) is 14.4 Å². The lowest BCUT2D eigenvalue weighted by Crippen LogP contribution is -2.26. The second kappa shape index (κ2) is 7.47. The van der Waals surface area contributed by atoms with Gasteiger partial charge in [0, 0.05) is 5.57 Å². The van der Waals surface area contributed by atoms with Gasteiger partial charge in [-0.1, -0.05) is 19.9 Å². The summed E-state index contributed by atoms with van der Waals surface area (Å²) in [4.78, 5) is 32.9. The topological polar surface area (TPSA) is 101 Å². The Labute approximate surface area is 105 Å². The molecule has 102 valence electrons. The molecule has 0 aromatic carbocycles. The van der Waals surface area contributed by atoms with E-state index in [1.165, 1.54) is 0 Å². The molecule has 0 aromatic rings. The highest BCUT2D eigenvalue weighted by atomic mass is 16.5. The second-order valence-electron chi connectivity index (χ2n) is 4.02. The molecule has 0 radical (unpaired) electrons. The molecule has 0 heterocycles. The van der Waals surface area contributed by atoms with E-state index in [1.807, 2.05) is 6.92 Å². The molecule has 2 atom stereocenters. The summed E-state index contributed by atoms with van der Waals surface area (Å²) in [7, 11) is 0. The number of carboxylic acids is 2. The van der Waals surface area contributed by atoms with Gasteiger partial charge in [-0.05, 0) is 13.3 Å². The van der Waals surface area contributed by atoms with Gasteiger partial charge in [0.25, 0.3) is 0 Å². The van der Waals surface area contributed by atoms with Gasteiger partial charge in [-0.25, -0.2) is 4.79 Å². The molecular formula is C12H18O6. The zero-order chi connectivity index (χ0) is 14.3. The first kappa shape index (κ1) is 16.1. The van der Waals surface area contributed by atoms with E-state index < -0.39 is 30.2 Å². The largest absolute Gasteiger partial charge is 0.481 e. The van der Waals surface area contributed by atoms with E-state index in [2.05, 4.69) is 6.58 Å². The molecule has 0 saturated heterocycles. The summed E-state index contributed by atoms with van der Waals surface area (Å²) in [6.45, 7) is 6.93. The van der Waals surface area contributed by atoms with Gasteiger partial charge in [0.15, 0.2) is 0 Å². The Balaban J connectivity index is 4.62. The Morgan fingerprint density at radius 2 is 1.83 bits per heavy atom. The van der Waals surface area contributed by atoms with Gasteiger partial charge in [0.1, 0.15) is 0 Å². The van der Waals surface area contributed by atoms with Crippen molar-refractivity contribution in [1.29, 1.82) is 0 Å². The van der Waals surface area contributed by atoms with Crippen LogP contribution in [0.1, 0.15) is 33.1 Å². The lowest BCUT2D eigenvalue weighted by molar-refractivity contribution is -0.151. The Hall–Kier alpha value is -1.85. The van der Waals surface area contributed by atoms with Gasteiger partial charge in [0.2, 0.25) is 0 Å². The van der Waals surface area contributed by atoms with Gasteiger partial charge < -0.3 is 14.9 Å². The van der Waals surface area contributed by atoms with Crippen LogP contribution in [0.15, 0.2) is 12.2 Å². The summed E-state index contributed by atoms with van der Waals surface area (Å²) in [6, 6.07) is 0. The molecule has 0 fully saturated rings.